The minimum atomic E-state index is -0.201. The SMILES string of the molecule is CC(=O)c1ccc(N2CCN(c3ccc(F)cc3)CC2)cc1. The average molecular weight is 298 g/mol. The number of carbonyl (C=O) groups excluding carboxylic acids is 1. The highest BCUT2D eigenvalue weighted by Gasteiger charge is 2.17. The maximum atomic E-state index is 13.0. The molecule has 3 nitrogen and oxygen atoms in total. The lowest BCUT2D eigenvalue weighted by molar-refractivity contribution is 0.101. The Hall–Kier alpha value is -2.36. The number of hydrogen-bond donors (Lipinski definition) is 0. The third-order valence-electron chi connectivity index (χ3n) is 4.11. The predicted octanol–water partition coefficient (Wildman–Crippen LogP) is 3.35. The molecule has 0 atom stereocenters. The van der Waals surface area contributed by atoms with Crippen LogP contribution in [0.1, 0.15) is 17.3 Å². The fourth-order valence-corrected chi connectivity index (χ4v) is 2.78. The summed E-state index contributed by atoms with van der Waals surface area (Å²) in [6.45, 7) is 5.21. The quantitative estimate of drug-likeness (QED) is 0.812. The molecule has 0 N–H and O–H groups in total. The summed E-state index contributed by atoms with van der Waals surface area (Å²) in [6.07, 6.45) is 0. The fraction of sp³-hybridized carbons (Fsp3) is 0.278. The van der Waals surface area contributed by atoms with Crippen molar-refractivity contribution in [3.8, 4) is 0 Å². The second-order valence-corrected chi connectivity index (χ2v) is 5.55. The van der Waals surface area contributed by atoms with Gasteiger partial charge in [0, 0.05) is 43.1 Å². The van der Waals surface area contributed by atoms with E-state index in [1.165, 1.54) is 12.1 Å². The van der Waals surface area contributed by atoms with E-state index in [9.17, 15) is 9.18 Å². The molecule has 0 saturated carbocycles. The van der Waals surface area contributed by atoms with Gasteiger partial charge in [-0.3, -0.25) is 4.79 Å². The number of halogens is 1. The van der Waals surface area contributed by atoms with Crippen LogP contribution in [0.3, 0.4) is 0 Å². The van der Waals surface area contributed by atoms with Crippen LogP contribution in [0.4, 0.5) is 15.8 Å². The average Bonchev–Trinajstić information content (AvgIpc) is 2.56. The van der Waals surface area contributed by atoms with Crippen molar-refractivity contribution >= 4 is 17.2 Å². The molecule has 0 spiro atoms. The standard InChI is InChI=1S/C18H19FN2O/c1-14(22)15-2-6-17(7-3-15)20-10-12-21(13-11-20)18-8-4-16(19)5-9-18/h2-9H,10-13H2,1H3. The molecule has 0 bridgehead atoms. The van der Waals surface area contributed by atoms with Gasteiger partial charge in [0.05, 0.1) is 0 Å². The van der Waals surface area contributed by atoms with E-state index in [1.54, 1.807) is 6.92 Å². The molecule has 1 aliphatic heterocycles. The van der Waals surface area contributed by atoms with Gasteiger partial charge in [0.1, 0.15) is 5.82 Å². The zero-order chi connectivity index (χ0) is 15.5. The highest BCUT2D eigenvalue weighted by molar-refractivity contribution is 5.94. The van der Waals surface area contributed by atoms with E-state index >= 15 is 0 Å². The summed E-state index contributed by atoms with van der Waals surface area (Å²) in [4.78, 5) is 15.9. The Kier molecular flexibility index (Phi) is 4.09. The van der Waals surface area contributed by atoms with Gasteiger partial charge in [-0.05, 0) is 55.5 Å². The summed E-state index contributed by atoms with van der Waals surface area (Å²) in [5.74, 6) is -0.111. The molecule has 4 heteroatoms. The number of anilines is 2. The van der Waals surface area contributed by atoms with Gasteiger partial charge in [-0.1, -0.05) is 0 Å². The van der Waals surface area contributed by atoms with Crippen molar-refractivity contribution in [1.82, 2.24) is 0 Å². The summed E-state index contributed by atoms with van der Waals surface area (Å²) in [7, 11) is 0. The molecule has 1 aliphatic rings. The number of Topliss-reactive ketones (excluding diaryl/α,β-unsaturated/α-hetero) is 1. The first-order valence-electron chi connectivity index (χ1n) is 7.50. The molecule has 1 heterocycles. The summed E-state index contributed by atoms with van der Waals surface area (Å²) < 4.78 is 13.0. The van der Waals surface area contributed by atoms with E-state index < -0.39 is 0 Å². The smallest absolute Gasteiger partial charge is 0.159 e. The fourth-order valence-electron chi connectivity index (χ4n) is 2.78. The third kappa shape index (κ3) is 3.11. The minimum absolute atomic E-state index is 0.0904. The van der Waals surface area contributed by atoms with Crippen molar-refractivity contribution in [3.05, 3.63) is 59.9 Å². The summed E-state index contributed by atoms with van der Waals surface area (Å²) in [5.41, 5.74) is 2.95. The molecule has 2 aromatic carbocycles. The van der Waals surface area contributed by atoms with Crippen molar-refractivity contribution in [2.75, 3.05) is 36.0 Å². The number of carbonyl (C=O) groups is 1. The topological polar surface area (TPSA) is 23.6 Å². The lowest BCUT2D eigenvalue weighted by atomic mass is 10.1. The Labute approximate surface area is 130 Å². The highest BCUT2D eigenvalue weighted by atomic mass is 19.1. The molecule has 2 aromatic rings. The van der Waals surface area contributed by atoms with Crippen LogP contribution in [-0.4, -0.2) is 32.0 Å². The van der Waals surface area contributed by atoms with Crippen LogP contribution in [0, 0.1) is 5.82 Å². The number of hydrogen-bond acceptors (Lipinski definition) is 3. The lowest BCUT2D eigenvalue weighted by Crippen LogP contribution is -2.46. The van der Waals surface area contributed by atoms with Gasteiger partial charge in [0.2, 0.25) is 0 Å². The van der Waals surface area contributed by atoms with Crippen LogP contribution in [0.25, 0.3) is 0 Å². The van der Waals surface area contributed by atoms with Gasteiger partial charge in [0.15, 0.2) is 5.78 Å². The zero-order valence-corrected chi connectivity index (χ0v) is 12.6. The Balaban J connectivity index is 1.63. The van der Waals surface area contributed by atoms with Gasteiger partial charge in [-0.25, -0.2) is 4.39 Å². The Bertz CT molecular complexity index is 644. The highest BCUT2D eigenvalue weighted by Crippen LogP contribution is 2.21. The first-order chi connectivity index (χ1) is 10.6. The largest absolute Gasteiger partial charge is 0.368 e. The number of piperazine rings is 1. The molecule has 1 fully saturated rings. The molecular weight excluding hydrogens is 279 g/mol. The van der Waals surface area contributed by atoms with Crippen LogP contribution >= 0.6 is 0 Å². The first-order valence-corrected chi connectivity index (χ1v) is 7.50. The molecule has 114 valence electrons. The Morgan fingerprint density at radius 3 is 1.64 bits per heavy atom. The number of ketones is 1. The van der Waals surface area contributed by atoms with Crippen LogP contribution in [0.2, 0.25) is 0 Å². The summed E-state index contributed by atoms with van der Waals surface area (Å²) >= 11 is 0. The Morgan fingerprint density at radius 1 is 0.818 bits per heavy atom. The van der Waals surface area contributed by atoms with E-state index in [4.69, 9.17) is 0 Å². The van der Waals surface area contributed by atoms with Crippen molar-refractivity contribution in [2.24, 2.45) is 0 Å². The van der Waals surface area contributed by atoms with Gasteiger partial charge < -0.3 is 9.80 Å². The predicted molar refractivity (Wildman–Crippen MR) is 87.3 cm³/mol. The van der Waals surface area contributed by atoms with E-state index in [2.05, 4.69) is 9.80 Å². The number of nitrogens with zero attached hydrogens (tertiary/aromatic N) is 2. The van der Waals surface area contributed by atoms with E-state index in [1.807, 2.05) is 36.4 Å². The molecule has 0 radical (unpaired) electrons. The summed E-state index contributed by atoms with van der Waals surface area (Å²) in [6, 6.07) is 14.4. The normalized spacial score (nSPS) is 15.0. The monoisotopic (exact) mass is 298 g/mol. The number of rotatable bonds is 3. The van der Waals surface area contributed by atoms with Crippen molar-refractivity contribution < 1.29 is 9.18 Å². The molecule has 0 aromatic heterocycles. The van der Waals surface area contributed by atoms with Crippen LogP contribution in [-0.2, 0) is 0 Å². The molecule has 0 amide bonds. The Morgan fingerprint density at radius 2 is 1.23 bits per heavy atom. The molecule has 0 unspecified atom stereocenters. The van der Waals surface area contributed by atoms with Crippen LogP contribution in [0.5, 0.6) is 0 Å². The van der Waals surface area contributed by atoms with Gasteiger partial charge in [-0.2, -0.15) is 0 Å². The van der Waals surface area contributed by atoms with E-state index in [-0.39, 0.29) is 11.6 Å². The van der Waals surface area contributed by atoms with Crippen molar-refractivity contribution in [1.29, 1.82) is 0 Å². The number of benzene rings is 2. The second kappa shape index (κ2) is 6.18. The van der Waals surface area contributed by atoms with E-state index in [0.29, 0.717) is 0 Å². The van der Waals surface area contributed by atoms with Crippen LogP contribution in [0.15, 0.2) is 48.5 Å². The molecule has 0 aliphatic carbocycles. The van der Waals surface area contributed by atoms with E-state index in [0.717, 1.165) is 43.1 Å². The lowest BCUT2D eigenvalue weighted by Gasteiger charge is -2.37. The van der Waals surface area contributed by atoms with Crippen LogP contribution < -0.4 is 9.80 Å². The third-order valence-corrected chi connectivity index (χ3v) is 4.11. The molecule has 3 rings (SSSR count). The van der Waals surface area contributed by atoms with Gasteiger partial charge in [0.25, 0.3) is 0 Å². The van der Waals surface area contributed by atoms with Gasteiger partial charge >= 0.3 is 0 Å². The van der Waals surface area contributed by atoms with Crippen molar-refractivity contribution in [2.45, 2.75) is 6.92 Å². The summed E-state index contributed by atoms with van der Waals surface area (Å²) in [5, 5.41) is 0. The zero-order valence-electron chi connectivity index (χ0n) is 12.6. The molecular formula is C18H19FN2O. The van der Waals surface area contributed by atoms with Crippen molar-refractivity contribution in [3.63, 3.8) is 0 Å². The maximum absolute atomic E-state index is 13.0. The molecule has 22 heavy (non-hydrogen) atoms. The maximum Gasteiger partial charge on any atom is 0.159 e. The first kappa shape index (κ1) is 14.6. The van der Waals surface area contributed by atoms with Gasteiger partial charge in [-0.15, -0.1) is 0 Å². The molecule has 1 saturated heterocycles. The second-order valence-electron chi connectivity index (χ2n) is 5.55. The minimum Gasteiger partial charge on any atom is -0.368 e.